The summed E-state index contributed by atoms with van der Waals surface area (Å²) in [6, 6.07) is 0. The number of carbonyl (C=O) groups is 1. The van der Waals surface area contributed by atoms with Crippen LogP contribution in [0.3, 0.4) is 0 Å². The first-order chi connectivity index (χ1) is 6.57. The average molecular weight is 196 g/mol. The van der Waals surface area contributed by atoms with Crippen LogP contribution in [-0.2, 0) is 14.3 Å². The summed E-state index contributed by atoms with van der Waals surface area (Å²) in [5, 5.41) is 0. The Morgan fingerprint density at radius 3 is 2.57 bits per heavy atom. The molecule has 0 aliphatic heterocycles. The minimum Gasteiger partial charge on any atom is -0.431 e. The molecule has 0 heterocycles. The Bertz CT molecular complexity index is 247. The second kappa shape index (κ2) is 7.09. The van der Waals surface area contributed by atoms with Gasteiger partial charge in [-0.3, -0.25) is 0 Å². The molecule has 0 fully saturated rings. The minimum absolute atomic E-state index is 0.168. The van der Waals surface area contributed by atoms with Crippen LogP contribution >= 0.6 is 0 Å². The smallest absolute Gasteiger partial charge is 0.340 e. The van der Waals surface area contributed by atoms with E-state index in [1.165, 1.54) is 6.26 Å². The van der Waals surface area contributed by atoms with Gasteiger partial charge in [0, 0.05) is 0 Å². The molecular weight excluding hydrogens is 180 g/mol. The van der Waals surface area contributed by atoms with Crippen molar-refractivity contribution in [2.45, 2.75) is 13.8 Å². The molecule has 0 spiro atoms. The summed E-state index contributed by atoms with van der Waals surface area (Å²) in [6.45, 7) is 11.3. The molecule has 0 radical (unpaired) electrons. The number of rotatable bonds is 6. The first kappa shape index (κ1) is 12.7. The van der Waals surface area contributed by atoms with Gasteiger partial charge >= 0.3 is 5.97 Å². The summed E-state index contributed by atoms with van der Waals surface area (Å²) < 4.78 is 9.82. The molecule has 0 saturated heterocycles. The van der Waals surface area contributed by atoms with E-state index in [0.29, 0.717) is 12.2 Å². The van der Waals surface area contributed by atoms with Gasteiger partial charge in [-0.1, -0.05) is 12.7 Å². The third-order valence-corrected chi connectivity index (χ3v) is 1.20. The first-order valence-electron chi connectivity index (χ1n) is 4.28. The van der Waals surface area contributed by atoms with E-state index in [1.807, 2.05) is 13.8 Å². The highest BCUT2D eigenvalue weighted by atomic mass is 16.5. The van der Waals surface area contributed by atoms with Crippen LogP contribution in [0.2, 0.25) is 0 Å². The molecule has 0 saturated carbocycles. The van der Waals surface area contributed by atoms with Crippen molar-refractivity contribution in [2.24, 2.45) is 0 Å². The second-order valence-corrected chi connectivity index (χ2v) is 3.01. The van der Waals surface area contributed by atoms with Gasteiger partial charge in [0.15, 0.2) is 0 Å². The molecule has 0 aliphatic rings. The van der Waals surface area contributed by atoms with Gasteiger partial charge in [0.2, 0.25) is 0 Å². The highest BCUT2D eigenvalue weighted by molar-refractivity contribution is 5.88. The fourth-order valence-corrected chi connectivity index (χ4v) is 0.579. The van der Waals surface area contributed by atoms with Crippen molar-refractivity contribution in [1.29, 1.82) is 0 Å². The fourth-order valence-electron chi connectivity index (χ4n) is 0.579. The number of hydrogen-bond acceptors (Lipinski definition) is 3. The average Bonchev–Trinajstić information content (AvgIpc) is 2.14. The van der Waals surface area contributed by atoms with Crippen LogP contribution in [0.4, 0.5) is 0 Å². The standard InChI is InChI=1S/C11H16O3/c1-5-6-13-8-10(4)11(12)14-7-9(2)3/h5,7H,1,4,6,8H2,2-3H3. The topological polar surface area (TPSA) is 35.5 Å². The molecular formula is C11H16O3. The van der Waals surface area contributed by atoms with E-state index < -0.39 is 5.97 Å². The van der Waals surface area contributed by atoms with Crippen LogP contribution in [0, 0.1) is 0 Å². The highest BCUT2D eigenvalue weighted by Crippen LogP contribution is 1.98. The lowest BCUT2D eigenvalue weighted by atomic mass is 10.3. The van der Waals surface area contributed by atoms with Crippen LogP contribution in [-0.4, -0.2) is 19.2 Å². The van der Waals surface area contributed by atoms with Crippen LogP contribution in [0.1, 0.15) is 13.8 Å². The van der Waals surface area contributed by atoms with Crippen molar-refractivity contribution in [2.75, 3.05) is 13.2 Å². The Labute approximate surface area is 84.7 Å². The van der Waals surface area contributed by atoms with E-state index in [-0.39, 0.29) is 6.61 Å². The molecule has 78 valence electrons. The highest BCUT2D eigenvalue weighted by Gasteiger charge is 2.06. The van der Waals surface area contributed by atoms with E-state index in [0.717, 1.165) is 5.57 Å². The van der Waals surface area contributed by atoms with E-state index in [9.17, 15) is 4.79 Å². The number of ether oxygens (including phenoxy) is 2. The van der Waals surface area contributed by atoms with Gasteiger partial charge in [-0.05, 0) is 19.4 Å². The van der Waals surface area contributed by atoms with Gasteiger partial charge in [0.25, 0.3) is 0 Å². The minimum atomic E-state index is -0.463. The van der Waals surface area contributed by atoms with Crippen LogP contribution < -0.4 is 0 Å². The summed E-state index contributed by atoms with van der Waals surface area (Å²) in [6.07, 6.45) is 3.00. The Hall–Kier alpha value is -1.35. The lowest BCUT2D eigenvalue weighted by molar-refractivity contribution is -0.134. The molecule has 0 unspecified atom stereocenters. The molecule has 3 heteroatoms. The van der Waals surface area contributed by atoms with Crippen molar-refractivity contribution in [3.05, 3.63) is 36.6 Å². The maximum atomic E-state index is 11.2. The summed E-state index contributed by atoms with van der Waals surface area (Å²) in [4.78, 5) is 11.2. The fraction of sp³-hybridized carbons (Fsp3) is 0.364. The predicted octanol–water partition coefficient (Wildman–Crippen LogP) is 2.21. The molecule has 0 aliphatic carbocycles. The number of hydrogen-bond donors (Lipinski definition) is 0. The third-order valence-electron chi connectivity index (χ3n) is 1.20. The largest absolute Gasteiger partial charge is 0.431 e. The molecule has 0 atom stereocenters. The van der Waals surface area contributed by atoms with E-state index in [4.69, 9.17) is 9.47 Å². The Morgan fingerprint density at radius 1 is 1.43 bits per heavy atom. The number of allylic oxidation sites excluding steroid dienone is 1. The summed E-state index contributed by atoms with van der Waals surface area (Å²) in [5.41, 5.74) is 1.21. The summed E-state index contributed by atoms with van der Waals surface area (Å²) in [7, 11) is 0. The number of carbonyl (C=O) groups excluding carboxylic acids is 1. The van der Waals surface area contributed by atoms with Crippen molar-refractivity contribution in [1.82, 2.24) is 0 Å². The summed E-state index contributed by atoms with van der Waals surface area (Å²) >= 11 is 0. The monoisotopic (exact) mass is 196 g/mol. The zero-order valence-corrected chi connectivity index (χ0v) is 8.71. The van der Waals surface area contributed by atoms with Crippen molar-refractivity contribution in [3.8, 4) is 0 Å². The van der Waals surface area contributed by atoms with Crippen LogP contribution in [0.5, 0.6) is 0 Å². The lowest BCUT2D eigenvalue weighted by Crippen LogP contribution is -2.09. The first-order valence-corrected chi connectivity index (χ1v) is 4.28. The SMILES string of the molecule is C=CCOCC(=C)C(=O)OC=C(C)C. The van der Waals surface area contributed by atoms with Gasteiger partial charge in [-0.2, -0.15) is 0 Å². The molecule has 0 aromatic carbocycles. The molecule has 0 aromatic rings. The molecule has 0 N–H and O–H groups in total. The van der Waals surface area contributed by atoms with E-state index in [1.54, 1.807) is 6.08 Å². The Morgan fingerprint density at radius 2 is 2.07 bits per heavy atom. The maximum Gasteiger partial charge on any atom is 0.340 e. The quantitative estimate of drug-likeness (QED) is 0.215. The molecule has 0 bridgehead atoms. The maximum absolute atomic E-state index is 11.2. The van der Waals surface area contributed by atoms with Gasteiger partial charge in [0.1, 0.15) is 0 Å². The van der Waals surface area contributed by atoms with Gasteiger partial charge in [-0.15, -0.1) is 6.58 Å². The Balaban J connectivity index is 3.82. The van der Waals surface area contributed by atoms with Gasteiger partial charge in [-0.25, -0.2) is 4.79 Å². The second-order valence-electron chi connectivity index (χ2n) is 3.01. The van der Waals surface area contributed by atoms with Gasteiger partial charge < -0.3 is 9.47 Å². The van der Waals surface area contributed by atoms with Crippen LogP contribution in [0.15, 0.2) is 36.6 Å². The van der Waals surface area contributed by atoms with Crippen molar-refractivity contribution in [3.63, 3.8) is 0 Å². The van der Waals surface area contributed by atoms with E-state index >= 15 is 0 Å². The lowest BCUT2D eigenvalue weighted by Gasteiger charge is -2.03. The summed E-state index contributed by atoms with van der Waals surface area (Å²) in [5.74, 6) is -0.463. The Kier molecular flexibility index (Phi) is 6.41. The van der Waals surface area contributed by atoms with E-state index in [2.05, 4.69) is 13.2 Å². The third kappa shape index (κ3) is 6.20. The molecule has 0 amide bonds. The van der Waals surface area contributed by atoms with Crippen molar-refractivity contribution >= 4 is 5.97 Å². The zero-order valence-electron chi connectivity index (χ0n) is 8.71. The zero-order chi connectivity index (χ0) is 11.0. The normalized spacial score (nSPS) is 9.00. The molecule has 3 nitrogen and oxygen atoms in total. The van der Waals surface area contributed by atoms with Crippen LogP contribution in [0.25, 0.3) is 0 Å². The number of esters is 1. The van der Waals surface area contributed by atoms with Gasteiger partial charge in [0.05, 0.1) is 25.0 Å². The molecule has 0 aromatic heterocycles. The van der Waals surface area contributed by atoms with Crippen molar-refractivity contribution < 1.29 is 14.3 Å². The predicted molar refractivity (Wildman–Crippen MR) is 55.7 cm³/mol. The molecule has 0 rings (SSSR count). The molecule has 14 heavy (non-hydrogen) atoms.